The molecule has 0 aliphatic carbocycles. The molecule has 0 aromatic heterocycles. The van der Waals surface area contributed by atoms with Gasteiger partial charge in [-0.15, -0.1) is 0 Å². The number of nitrogens with one attached hydrogen (secondary N) is 1. The van der Waals surface area contributed by atoms with Crippen LogP contribution in [0.4, 0.5) is 5.69 Å². The molecular weight excluding hydrogens is 214 g/mol. The Balaban J connectivity index is 2.46. The second kappa shape index (κ2) is 3.00. The lowest BCUT2D eigenvalue weighted by atomic mass is 9.83. The molecule has 2 aromatic rings. The number of fused-ring (bicyclic) bond motifs is 3. The van der Waals surface area contributed by atoms with Crippen molar-refractivity contribution in [3.8, 4) is 5.75 Å². The predicted octanol–water partition coefficient (Wildman–Crippen LogP) is 2.78. The number of phenolic OH excluding ortho intramolecular Hbond substituents is 1. The van der Waals surface area contributed by atoms with E-state index in [0.717, 1.165) is 22.0 Å². The SMILES string of the molecule is CC1(C)C(=O)Nc2ccc3c(O)cccc3c21. The molecule has 2 aromatic carbocycles. The number of anilines is 1. The first-order valence-corrected chi connectivity index (χ1v) is 5.58. The first kappa shape index (κ1) is 10.1. The number of hydrogen-bond donors (Lipinski definition) is 2. The van der Waals surface area contributed by atoms with Gasteiger partial charge in [-0.3, -0.25) is 4.79 Å². The number of phenols is 1. The molecule has 1 heterocycles. The molecule has 1 aliphatic heterocycles. The Morgan fingerprint density at radius 3 is 2.65 bits per heavy atom. The number of benzene rings is 2. The van der Waals surface area contributed by atoms with Crippen molar-refractivity contribution < 1.29 is 9.90 Å². The van der Waals surface area contributed by atoms with Gasteiger partial charge in [0, 0.05) is 11.1 Å². The highest BCUT2D eigenvalue weighted by molar-refractivity contribution is 6.11. The van der Waals surface area contributed by atoms with Gasteiger partial charge >= 0.3 is 0 Å². The third-order valence-corrected chi connectivity index (χ3v) is 3.48. The molecular formula is C14H13NO2. The number of aromatic hydroxyl groups is 1. The summed E-state index contributed by atoms with van der Waals surface area (Å²) in [5.41, 5.74) is 1.26. The zero-order valence-electron chi connectivity index (χ0n) is 9.74. The molecule has 0 saturated carbocycles. The summed E-state index contributed by atoms with van der Waals surface area (Å²) in [7, 11) is 0. The molecule has 2 N–H and O–H groups in total. The van der Waals surface area contributed by atoms with Crippen LogP contribution in [0.1, 0.15) is 19.4 Å². The Morgan fingerprint density at radius 2 is 1.88 bits per heavy atom. The van der Waals surface area contributed by atoms with Gasteiger partial charge in [0.15, 0.2) is 0 Å². The van der Waals surface area contributed by atoms with Gasteiger partial charge in [0.05, 0.1) is 5.41 Å². The minimum absolute atomic E-state index is 0.00310. The quantitative estimate of drug-likeness (QED) is 0.727. The third-order valence-electron chi connectivity index (χ3n) is 3.48. The normalized spacial score (nSPS) is 16.9. The second-order valence-corrected chi connectivity index (χ2v) is 4.94. The lowest BCUT2D eigenvalue weighted by Gasteiger charge is -2.17. The molecule has 17 heavy (non-hydrogen) atoms. The molecule has 0 bridgehead atoms. The monoisotopic (exact) mass is 227 g/mol. The minimum Gasteiger partial charge on any atom is -0.507 e. The van der Waals surface area contributed by atoms with Crippen molar-refractivity contribution in [3.05, 3.63) is 35.9 Å². The molecule has 1 amide bonds. The maximum atomic E-state index is 11.9. The standard InChI is InChI=1S/C14H13NO2/c1-14(2)12-9-4-3-5-11(16)8(9)6-7-10(12)15-13(14)17/h3-7,16H,1-2H3,(H,15,17). The van der Waals surface area contributed by atoms with Crippen molar-refractivity contribution in [2.45, 2.75) is 19.3 Å². The summed E-state index contributed by atoms with van der Waals surface area (Å²) in [5.74, 6) is 0.254. The van der Waals surface area contributed by atoms with E-state index in [2.05, 4.69) is 5.32 Å². The molecule has 0 fully saturated rings. The summed E-state index contributed by atoms with van der Waals surface area (Å²) in [6, 6.07) is 9.09. The van der Waals surface area contributed by atoms with Gasteiger partial charge in [-0.05, 0) is 43.0 Å². The smallest absolute Gasteiger partial charge is 0.234 e. The van der Waals surface area contributed by atoms with E-state index in [-0.39, 0.29) is 11.7 Å². The van der Waals surface area contributed by atoms with E-state index in [1.54, 1.807) is 12.1 Å². The Labute approximate surface area is 99.1 Å². The predicted molar refractivity (Wildman–Crippen MR) is 67.3 cm³/mol. The molecule has 0 saturated heterocycles. The van der Waals surface area contributed by atoms with Gasteiger partial charge in [-0.2, -0.15) is 0 Å². The molecule has 0 spiro atoms. The first-order chi connectivity index (χ1) is 8.01. The zero-order chi connectivity index (χ0) is 12.2. The van der Waals surface area contributed by atoms with Gasteiger partial charge < -0.3 is 10.4 Å². The summed E-state index contributed by atoms with van der Waals surface area (Å²) in [4.78, 5) is 11.9. The molecule has 0 radical (unpaired) electrons. The van der Waals surface area contributed by atoms with Crippen LogP contribution in [0, 0.1) is 0 Å². The van der Waals surface area contributed by atoms with Crippen LogP contribution in [-0.2, 0) is 10.2 Å². The van der Waals surface area contributed by atoms with E-state index in [1.165, 1.54) is 0 Å². The average Bonchev–Trinajstić information content (AvgIpc) is 2.50. The summed E-state index contributed by atoms with van der Waals surface area (Å²) < 4.78 is 0. The average molecular weight is 227 g/mol. The van der Waals surface area contributed by atoms with E-state index in [4.69, 9.17) is 0 Å². The fraction of sp³-hybridized carbons (Fsp3) is 0.214. The summed E-state index contributed by atoms with van der Waals surface area (Å²) in [6.45, 7) is 3.80. The van der Waals surface area contributed by atoms with Crippen molar-refractivity contribution in [3.63, 3.8) is 0 Å². The summed E-state index contributed by atoms with van der Waals surface area (Å²) in [6.07, 6.45) is 0. The summed E-state index contributed by atoms with van der Waals surface area (Å²) in [5, 5.41) is 14.4. The van der Waals surface area contributed by atoms with Crippen LogP contribution in [0.2, 0.25) is 0 Å². The lowest BCUT2D eigenvalue weighted by molar-refractivity contribution is -0.119. The number of hydrogen-bond acceptors (Lipinski definition) is 2. The van der Waals surface area contributed by atoms with Crippen LogP contribution in [-0.4, -0.2) is 11.0 Å². The van der Waals surface area contributed by atoms with Crippen LogP contribution < -0.4 is 5.32 Å². The Kier molecular flexibility index (Phi) is 1.79. The van der Waals surface area contributed by atoms with Crippen LogP contribution in [0.15, 0.2) is 30.3 Å². The maximum Gasteiger partial charge on any atom is 0.234 e. The molecule has 3 nitrogen and oxygen atoms in total. The van der Waals surface area contributed by atoms with Crippen molar-refractivity contribution in [2.75, 3.05) is 5.32 Å². The van der Waals surface area contributed by atoms with Crippen molar-refractivity contribution in [1.82, 2.24) is 0 Å². The van der Waals surface area contributed by atoms with Crippen molar-refractivity contribution >= 4 is 22.4 Å². The Morgan fingerprint density at radius 1 is 1.12 bits per heavy atom. The van der Waals surface area contributed by atoms with Gasteiger partial charge in [0.1, 0.15) is 5.75 Å². The Bertz CT molecular complexity index is 644. The first-order valence-electron chi connectivity index (χ1n) is 5.58. The molecule has 0 atom stereocenters. The van der Waals surface area contributed by atoms with Crippen LogP contribution in [0.5, 0.6) is 5.75 Å². The topological polar surface area (TPSA) is 49.3 Å². The third kappa shape index (κ3) is 1.19. The summed E-state index contributed by atoms with van der Waals surface area (Å²) >= 11 is 0. The highest BCUT2D eigenvalue weighted by Crippen LogP contribution is 2.43. The van der Waals surface area contributed by atoms with Crippen molar-refractivity contribution in [2.24, 2.45) is 0 Å². The van der Waals surface area contributed by atoms with E-state index >= 15 is 0 Å². The zero-order valence-corrected chi connectivity index (χ0v) is 9.74. The van der Waals surface area contributed by atoms with Crippen LogP contribution >= 0.6 is 0 Å². The number of amides is 1. The fourth-order valence-electron chi connectivity index (χ4n) is 2.51. The largest absolute Gasteiger partial charge is 0.507 e. The van der Waals surface area contributed by atoms with Gasteiger partial charge in [0.2, 0.25) is 5.91 Å². The maximum absolute atomic E-state index is 11.9. The van der Waals surface area contributed by atoms with Crippen LogP contribution in [0.3, 0.4) is 0 Å². The van der Waals surface area contributed by atoms with E-state index in [1.807, 2.05) is 32.0 Å². The lowest BCUT2D eigenvalue weighted by Crippen LogP contribution is -2.27. The fourth-order valence-corrected chi connectivity index (χ4v) is 2.51. The van der Waals surface area contributed by atoms with Crippen LogP contribution in [0.25, 0.3) is 10.8 Å². The van der Waals surface area contributed by atoms with E-state index in [0.29, 0.717) is 0 Å². The minimum atomic E-state index is -0.553. The molecule has 3 rings (SSSR count). The number of carbonyl (C=O) groups is 1. The number of carbonyl (C=O) groups excluding carboxylic acids is 1. The highest BCUT2D eigenvalue weighted by Gasteiger charge is 2.39. The van der Waals surface area contributed by atoms with E-state index in [9.17, 15) is 9.90 Å². The molecule has 0 unspecified atom stereocenters. The number of rotatable bonds is 0. The van der Waals surface area contributed by atoms with Gasteiger partial charge in [-0.25, -0.2) is 0 Å². The van der Waals surface area contributed by atoms with Gasteiger partial charge in [-0.1, -0.05) is 12.1 Å². The molecule has 86 valence electrons. The Hall–Kier alpha value is -2.03. The van der Waals surface area contributed by atoms with Gasteiger partial charge in [0.25, 0.3) is 0 Å². The molecule has 1 aliphatic rings. The second-order valence-electron chi connectivity index (χ2n) is 4.94. The highest BCUT2D eigenvalue weighted by atomic mass is 16.3. The molecule has 3 heteroatoms. The van der Waals surface area contributed by atoms with E-state index < -0.39 is 5.41 Å². The van der Waals surface area contributed by atoms with Crippen molar-refractivity contribution in [1.29, 1.82) is 0 Å².